The molecule has 2 amide bonds. The van der Waals surface area contributed by atoms with Crippen LogP contribution in [0.4, 0.5) is 10.5 Å². The van der Waals surface area contributed by atoms with E-state index in [0.29, 0.717) is 0 Å². The van der Waals surface area contributed by atoms with Crippen molar-refractivity contribution >= 4 is 11.7 Å². The number of anilines is 1. The quantitative estimate of drug-likeness (QED) is 0.726. The summed E-state index contributed by atoms with van der Waals surface area (Å²) in [7, 11) is 1.82. The number of aromatic nitrogens is 2. The van der Waals surface area contributed by atoms with Gasteiger partial charge in [0.2, 0.25) is 0 Å². The number of amides is 2. The highest BCUT2D eigenvalue weighted by atomic mass is 16.2. The van der Waals surface area contributed by atoms with Gasteiger partial charge in [0.15, 0.2) is 0 Å². The molecule has 0 radical (unpaired) electrons. The number of hydrogen-bond donors (Lipinski definition) is 1. The summed E-state index contributed by atoms with van der Waals surface area (Å²) in [5.41, 5.74) is 0.754. The van der Waals surface area contributed by atoms with Crippen molar-refractivity contribution < 1.29 is 4.79 Å². The van der Waals surface area contributed by atoms with Gasteiger partial charge in [-0.2, -0.15) is 5.10 Å². The largest absolute Gasteiger partial charge is 0.325 e. The molecule has 1 aliphatic rings. The van der Waals surface area contributed by atoms with Gasteiger partial charge in [0, 0.05) is 26.3 Å². The molecule has 2 rings (SSSR count). The van der Waals surface area contributed by atoms with Crippen molar-refractivity contribution in [2.45, 2.75) is 12.8 Å². The van der Waals surface area contributed by atoms with Crippen LogP contribution < -0.4 is 5.32 Å². The normalized spacial score (nSPS) is 15.9. The van der Waals surface area contributed by atoms with Gasteiger partial charge in [0.1, 0.15) is 0 Å². The van der Waals surface area contributed by atoms with Crippen LogP contribution in [0.3, 0.4) is 0 Å². The summed E-state index contributed by atoms with van der Waals surface area (Å²) in [6.45, 7) is 1.73. The maximum atomic E-state index is 11.6. The van der Waals surface area contributed by atoms with Gasteiger partial charge < -0.3 is 10.2 Å². The Morgan fingerprint density at radius 2 is 2.21 bits per heavy atom. The molecule has 1 aromatic rings. The van der Waals surface area contributed by atoms with Gasteiger partial charge in [-0.25, -0.2) is 4.79 Å². The minimum Gasteiger partial charge on any atom is -0.325 e. The van der Waals surface area contributed by atoms with Crippen molar-refractivity contribution in [2.75, 3.05) is 18.4 Å². The SMILES string of the molecule is Cn1cc(NC(=O)N2CCCC2)cn1. The first-order valence-electron chi connectivity index (χ1n) is 4.80. The fraction of sp³-hybridized carbons (Fsp3) is 0.556. The molecule has 0 unspecified atom stereocenters. The first-order chi connectivity index (χ1) is 6.75. The topological polar surface area (TPSA) is 50.2 Å². The second kappa shape index (κ2) is 3.69. The van der Waals surface area contributed by atoms with E-state index in [1.54, 1.807) is 17.1 Å². The van der Waals surface area contributed by atoms with Crippen LogP contribution in [-0.2, 0) is 7.05 Å². The number of rotatable bonds is 1. The molecule has 1 aliphatic heterocycles. The number of nitrogens with one attached hydrogen (secondary N) is 1. The highest BCUT2D eigenvalue weighted by molar-refractivity contribution is 5.89. The summed E-state index contributed by atoms with van der Waals surface area (Å²) in [6, 6.07) is -0.0181. The highest BCUT2D eigenvalue weighted by Gasteiger charge is 2.17. The number of likely N-dealkylation sites (tertiary alicyclic amines) is 1. The Kier molecular flexibility index (Phi) is 2.39. The van der Waals surface area contributed by atoms with E-state index in [9.17, 15) is 4.79 Å². The van der Waals surface area contributed by atoms with Crippen molar-refractivity contribution in [3.8, 4) is 0 Å². The van der Waals surface area contributed by atoms with Crippen molar-refractivity contribution in [1.82, 2.24) is 14.7 Å². The number of carbonyl (C=O) groups is 1. The van der Waals surface area contributed by atoms with E-state index in [1.165, 1.54) is 0 Å². The van der Waals surface area contributed by atoms with Crippen molar-refractivity contribution in [1.29, 1.82) is 0 Å². The van der Waals surface area contributed by atoms with Crippen molar-refractivity contribution in [3.05, 3.63) is 12.4 Å². The monoisotopic (exact) mass is 194 g/mol. The average molecular weight is 194 g/mol. The van der Waals surface area contributed by atoms with E-state index in [-0.39, 0.29) is 6.03 Å². The summed E-state index contributed by atoms with van der Waals surface area (Å²) < 4.78 is 1.67. The van der Waals surface area contributed by atoms with Crippen LogP contribution in [0.5, 0.6) is 0 Å². The zero-order valence-corrected chi connectivity index (χ0v) is 8.23. The van der Waals surface area contributed by atoms with Crippen LogP contribution in [0.25, 0.3) is 0 Å². The second-order valence-electron chi connectivity index (χ2n) is 3.53. The summed E-state index contributed by atoms with van der Waals surface area (Å²) >= 11 is 0. The Morgan fingerprint density at radius 3 is 2.79 bits per heavy atom. The lowest BCUT2D eigenvalue weighted by molar-refractivity contribution is 0.222. The number of hydrogen-bond acceptors (Lipinski definition) is 2. The molecule has 76 valence electrons. The Labute approximate surface area is 82.7 Å². The van der Waals surface area contributed by atoms with E-state index < -0.39 is 0 Å². The molecule has 0 aliphatic carbocycles. The molecule has 0 aromatic carbocycles. The molecule has 1 aromatic heterocycles. The number of nitrogens with zero attached hydrogens (tertiary/aromatic N) is 3. The Hall–Kier alpha value is -1.52. The van der Waals surface area contributed by atoms with E-state index in [4.69, 9.17) is 0 Å². The third-order valence-corrected chi connectivity index (χ3v) is 2.35. The molecule has 0 spiro atoms. The van der Waals surface area contributed by atoms with Crippen LogP contribution in [-0.4, -0.2) is 33.8 Å². The zero-order valence-electron chi connectivity index (χ0n) is 8.23. The maximum Gasteiger partial charge on any atom is 0.321 e. The average Bonchev–Trinajstić information content (AvgIpc) is 2.75. The Morgan fingerprint density at radius 1 is 1.50 bits per heavy atom. The van der Waals surface area contributed by atoms with Gasteiger partial charge >= 0.3 is 6.03 Å². The fourth-order valence-corrected chi connectivity index (χ4v) is 1.61. The molecule has 2 heterocycles. The van der Waals surface area contributed by atoms with E-state index in [0.717, 1.165) is 31.6 Å². The first-order valence-corrected chi connectivity index (χ1v) is 4.80. The van der Waals surface area contributed by atoms with Gasteiger partial charge in [0.05, 0.1) is 11.9 Å². The van der Waals surface area contributed by atoms with Crippen LogP contribution >= 0.6 is 0 Å². The van der Waals surface area contributed by atoms with Crippen LogP contribution in [0, 0.1) is 0 Å². The highest BCUT2D eigenvalue weighted by Crippen LogP contribution is 2.10. The lowest BCUT2D eigenvalue weighted by atomic mass is 10.4. The molecular formula is C9H14N4O. The molecule has 0 bridgehead atoms. The minimum atomic E-state index is -0.0181. The molecule has 0 atom stereocenters. The number of aryl methyl sites for hydroxylation is 1. The van der Waals surface area contributed by atoms with Gasteiger partial charge in [-0.3, -0.25) is 4.68 Å². The van der Waals surface area contributed by atoms with Gasteiger partial charge in [-0.05, 0) is 12.8 Å². The van der Waals surface area contributed by atoms with Crippen molar-refractivity contribution in [2.24, 2.45) is 7.05 Å². The predicted octanol–water partition coefficient (Wildman–Crippen LogP) is 1.05. The first kappa shape index (κ1) is 9.05. The Bertz CT molecular complexity index is 327. The molecule has 5 nitrogen and oxygen atoms in total. The van der Waals surface area contributed by atoms with Crippen molar-refractivity contribution in [3.63, 3.8) is 0 Å². The Balaban J connectivity index is 1.93. The third kappa shape index (κ3) is 1.86. The zero-order chi connectivity index (χ0) is 9.97. The second-order valence-corrected chi connectivity index (χ2v) is 3.53. The third-order valence-electron chi connectivity index (χ3n) is 2.35. The van der Waals surface area contributed by atoms with Crippen LogP contribution in [0.2, 0.25) is 0 Å². The smallest absolute Gasteiger partial charge is 0.321 e. The molecule has 14 heavy (non-hydrogen) atoms. The summed E-state index contributed by atoms with van der Waals surface area (Å²) in [5, 5.41) is 6.79. The number of carbonyl (C=O) groups excluding carboxylic acids is 1. The van der Waals surface area contributed by atoms with E-state index in [2.05, 4.69) is 10.4 Å². The molecular weight excluding hydrogens is 180 g/mol. The fourth-order valence-electron chi connectivity index (χ4n) is 1.61. The molecule has 1 fully saturated rings. The van der Waals surface area contributed by atoms with E-state index in [1.807, 2.05) is 11.9 Å². The summed E-state index contributed by atoms with van der Waals surface area (Å²) in [6.07, 6.45) is 5.66. The van der Waals surface area contributed by atoms with Gasteiger partial charge in [-0.1, -0.05) is 0 Å². The molecule has 0 saturated carbocycles. The predicted molar refractivity (Wildman–Crippen MR) is 53.0 cm³/mol. The van der Waals surface area contributed by atoms with Gasteiger partial charge in [-0.15, -0.1) is 0 Å². The lowest BCUT2D eigenvalue weighted by Crippen LogP contribution is -2.31. The standard InChI is InChI=1S/C9H14N4O/c1-12-7-8(6-10-12)11-9(14)13-4-2-3-5-13/h6-7H,2-5H2,1H3,(H,11,14). The minimum absolute atomic E-state index is 0.0181. The number of urea groups is 1. The van der Waals surface area contributed by atoms with Gasteiger partial charge in [0.25, 0.3) is 0 Å². The lowest BCUT2D eigenvalue weighted by Gasteiger charge is -2.14. The van der Waals surface area contributed by atoms with E-state index >= 15 is 0 Å². The summed E-state index contributed by atoms with van der Waals surface area (Å²) in [4.78, 5) is 13.4. The van der Waals surface area contributed by atoms with Crippen LogP contribution in [0.15, 0.2) is 12.4 Å². The molecule has 1 saturated heterocycles. The molecule has 5 heteroatoms. The van der Waals surface area contributed by atoms with Crippen LogP contribution in [0.1, 0.15) is 12.8 Å². The maximum absolute atomic E-state index is 11.6. The molecule has 1 N–H and O–H groups in total. The summed E-state index contributed by atoms with van der Waals surface area (Å²) in [5.74, 6) is 0.